The molecule has 1 aliphatic rings. The fraction of sp³-hybridized carbons (Fsp3) is 0.625. The molecule has 0 saturated heterocycles. The number of rotatable bonds is 3. The van der Waals surface area contributed by atoms with Gasteiger partial charge in [-0.15, -0.1) is 0 Å². The number of nitrogens with zero attached hydrogens (tertiary/aromatic N) is 1. The lowest BCUT2D eigenvalue weighted by Crippen LogP contribution is -2.25. The zero-order valence-corrected chi connectivity index (χ0v) is 11.4. The van der Waals surface area contributed by atoms with Gasteiger partial charge in [0.1, 0.15) is 0 Å². The summed E-state index contributed by atoms with van der Waals surface area (Å²) in [7, 11) is 2.17. The molecular formula is C16H25N. The van der Waals surface area contributed by atoms with Crippen LogP contribution in [0.1, 0.15) is 57.4 Å². The molecule has 0 aromatic heterocycles. The van der Waals surface area contributed by atoms with E-state index in [0.717, 1.165) is 5.92 Å². The van der Waals surface area contributed by atoms with Crippen LogP contribution in [0.25, 0.3) is 0 Å². The quantitative estimate of drug-likeness (QED) is 0.736. The SMILES string of the molecule is CC(C)N(C)c1ccc(C2CCCCC2)cc1. The summed E-state index contributed by atoms with van der Waals surface area (Å²) in [6.45, 7) is 4.46. The third kappa shape index (κ3) is 3.02. The molecule has 1 aromatic carbocycles. The summed E-state index contributed by atoms with van der Waals surface area (Å²) < 4.78 is 0. The van der Waals surface area contributed by atoms with Crippen LogP contribution >= 0.6 is 0 Å². The van der Waals surface area contributed by atoms with Gasteiger partial charge in [0.05, 0.1) is 0 Å². The molecule has 1 aliphatic carbocycles. The Kier molecular flexibility index (Phi) is 4.09. The Hall–Kier alpha value is -0.980. The summed E-state index contributed by atoms with van der Waals surface area (Å²) in [6.07, 6.45) is 7.04. The lowest BCUT2D eigenvalue weighted by atomic mass is 9.84. The van der Waals surface area contributed by atoms with E-state index in [1.54, 1.807) is 5.56 Å². The molecule has 0 atom stereocenters. The maximum atomic E-state index is 2.34. The third-order valence-corrected chi connectivity index (χ3v) is 4.15. The van der Waals surface area contributed by atoms with Gasteiger partial charge < -0.3 is 4.90 Å². The maximum absolute atomic E-state index is 2.34. The molecule has 2 rings (SSSR count). The van der Waals surface area contributed by atoms with E-state index >= 15 is 0 Å². The first-order chi connectivity index (χ1) is 8.18. The fourth-order valence-electron chi connectivity index (χ4n) is 2.72. The van der Waals surface area contributed by atoms with Crippen molar-refractivity contribution in [1.29, 1.82) is 0 Å². The molecule has 1 fully saturated rings. The lowest BCUT2D eigenvalue weighted by molar-refractivity contribution is 0.443. The average Bonchev–Trinajstić information content (AvgIpc) is 2.39. The van der Waals surface area contributed by atoms with Gasteiger partial charge in [-0.2, -0.15) is 0 Å². The Morgan fingerprint density at radius 3 is 2.12 bits per heavy atom. The molecule has 1 aromatic rings. The van der Waals surface area contributed by atoms with Gasteiger partial charge in [-0.25, -0.2) is 0 Å². The first-order valence-corrected chi connectivity index (χ1v) is 7.01. The van der Waals surface area contributed by atoms with E-state index in [4.69, 9.17) is 0 Å². The fourth-order valence-corrected chi connectivity index (χ4v) is 2.72. The Morgan fingerprint density at radius 2 is 1.59 bits per heavy atom. The van der Waals surface area contributed by atoms with Crippen LogP contribution in [0.4, 0.5) is 5.69 Å². The first kappa shape index (κ1) is 12.5. The van der Waals surface area contributed by atoms with Gasteiger partial charge in [0.15, 0.2) is 0 Å². The minimum Gasteiger partial charge on any atom is -0.372 e. The van der Waals surface area contributed by atoms with Crippen molar-refractivity contribution >= 4 is 5.69 Å². The van der Waals surface area contributed by atoms with Gasteiger partial charge in [-0.05, 0) is 50.3 Å². The van der Waals surface area contributed by atoms with E-state index in [1.807, 2.05) is 0 Å². The van der Waals surface area contributed by atoms with Crippen LogP contribution in [0.2, 0.25) is 0 Å². The second-order valence-corrected chi connectivity index (χ2v) is 5.63. The van der Waals surface area contributed by atoms with Gasteiger partial charge in [0, 0.05) is 18.8 Å². The molecule has 0 amide bonds. The number of benzene rings is 1. The van der Waals surface area contributed by atoms with Crippen molar-refractivity contribution < 1.29 is 0 Å². The molecular weight excluding hydrogens is 206 g/mol. The molecule has 1 saturated carbocycles. The van der Waals surface area contributed by atoms with E-state index in [-0.39, 0.29) is 0 Å². The summed E-state index contributed by atoms with van der Waals surface area (Å²) >= 11 is 0. The standard InChI is InChI=1S/C16H25N/c1-13(2)17(3)16-11-9-15(10-12-16)14-7-5-4-6-8-14/h9-14H,4-8H2,1-3H3. The topological polar surface area (TPSA) is 3.24 Å². The largest absolute Gasteiger partial charge is 0.372 e. The van der Waals surface area contributed by atoms with Crippen molar-refractivity contribution in [2.75, 3.05) is 11.9 Å². The molecule has 0 heterocycles. The minimum atomic E-state index is 0.565. The summed E-state index contributed by atoms with van der Waals surface area (Å²) in [4.78, 5) is 2.32. The second kappa shape index (κ2) is 5.57. The van der Waals surface area contributed by atoms with Gasteiger partial charge in [0.25, 0.3) is 0 Å². The smallest absolute Gasteiger partial charge is 0.0366 e. The summed E-state index contributed by atoms with van der Waals surface area (Å²) in [5.41, 5.74) is 2.88. The maximum Gasteiger partial charge on any atom is 0.0366 e. The number of hydrogen-bond acceptors (Lipinski definition) is 1. The molecule has 1 heteroatoms. The molecule has 0 aliphatic heterocycles. The highest BCUT2D eigenvalue weighted by Crippen LogP contribution is 2.33. The monoisotopic (exact) mass is 231 g/mol. The molecule has 0 bridgehead atoms. The van der Waals surface area contributed by atoms with Gasteiger partial charge in [-0.3, -0.25) is 0 Å². The summed E-state index contributed by atoms with van der Waals surface area (Å²) in [5, 5.41) is 0. The van der Waals surface area contributed by atoms with Crippen molar-refractivity contribution in [2.45, 2.75) is 57.9 Å². The van der Waals surface area contributed by atoms with Crippen molar-refractivity contribution in [3.63, 3.8) is 0 Å². The zero-order chi connectivity index (χ0) is 12.3. The van der Waals surface area contributed by atoms with Crippen LogP contribution in [-0.2, 0) is 0 Å². The highest BCUT2D eigenvalue weighted by atomic mass is 15.1. The summed E-state index contributed by atoms with van der Waals surface area (Å²) in [5.74, 6) is 0.821. The van der Waals surface area contributed by atoms with Crippen LogP contribution in [0.5, 0.6) is 0 Å². The predicted molar refractivity (Wildman–Crippen MR) is 75.8 cm³/mol. The molecule has 0 spiro atoms. The molecule has 1 nitrogen and oxygen atoms in total. The highest BCUT2D eigenvalue weighted by Gasteiger charge is 2.15. The Labute approximate surface area is 106 Å². The first-order valence-electron chi connectivity index (χ1n) is 7.01. The molecule has 0 N–H and O–H groups in total. The molecule has 17 heavy (non-hydrogen) atoms. The van der Waals surface area contributed by atoms with Crippen molar-refractivity contribution in [2.24, 2.45) is 0 Å². The van der Waals surface area contributed by atoms with Crippen LogP contribution in [0.3, 0.4) is 0 Å². The zero-order valence-electron chi connectivity index (χ0n) is 11.4. The van der Waals surface area contributed by atoms with E-state index < -0.39 is 0 Å². The van der Waals surface area contributed by atoms with E-state index in [1.165, 1.54) is 37.8 Å². The predicted octanol–water partition coefficient (Wildman–Crippen LogP) is 4.58. The van der Waals surface area contributed by atoms with Crippen LogP contribution in [0, 0.1) is 0 Å². The lowest BCUT2D eigenvalue weighted by Gasteiger charge is -2.26. The van der Waals surface area contributed by atoms with Gasteiger partial charge in [0.2, 0.25) is 0 Å². The number of anilines is 1. The van der Waals surface area contributed by atoms with Crippen LogP contribution in [-0.4, -0.2) is 13.1 Å². The van der Waals surface area contributed by atoms with E-state index in [9.17, 15) is 0 Å². The van der Waals surface area contributed by atoms with Crippen LogP contribution < -0.4 is 4.90 Å². The Balaban J connectivity index is 2.06. The van der Waals surface area contributed by atoms with Crippen LogP contribution in [0.15, 0.2) is 24.3 Å². The van der Waals surface area contributed by atoms with Gasteiger partial charge in [-0.1, -0.05) is 31.4 Å². The normalized spacial score (nSPS) is 17.4. The summed E-state index contributed by atoms with van der Waals surface area (Å²) in [6, 6.07) is 9.80. The van der Waals surface area contributed by atoms with Crippen molar-refractivity contribution in [3.05, 3.63) is 29.8 Å². The Bertz CT molecular complexity index is 333. The average molecular weight is 231 g/mol. The van der Waals surface area contributed by atoms with Gasteiger partial charge >= 0.3 is 0 Å². The molecule has 0 unspecified atom stereocenters. The third-order valence-electron chi connectivity index (χ3n) is 4.15. The Morgan fingerprint density at radius 1 is 1.00 bits per heavy atom. The van der Waals surface area contributed by atoms with E-state index in [0.29, 0.717) is 6.04 Å². The number of hydrogen-bond donors (Lipinski definition) is 0. The molecule has 94 valence electrons. The van der Waals surface area contributed by atoms with Crippen molar-refractivity contribution in [3.8, 4) is 0 Å². The second-order valence-electron chi connectivity index (χ2n) is 5.63. The van der Waals surface area contributed by atoms with E-state index in [2.05, 4.69) is 50.1 Å². The minimum absolute atomic E-state index is 0.565. The highest BCUT2D eigenvalue weighted by molar-refractivity contribution is 5.48. The van der Waals surface area contributed by atoms with Crippen molar-refractivity contribution in [1.82, 2.24) is 0 Å². The molecule has 0 radical (unpaired) electrons.